The number of carbonyl (C=O) groups excluding carboxylic acids is 2. The molecule has 0 aliphatic carbocycles. The van der Waals surface area contributed by atoms with E-state index in [-0.39, 0.29) is 18.5 Å². The first-order chi connectivity index (χ1) is 14.8. The second kappa shape index (κ2) is 9.61. The predicted molar refractivity (Wildman–Crippen MR) is 123 cm³/mol. The van der Waals surface area contributed by atoms with Gasteiger partial charge in [0.15, 0.2) is 5.11 Å². The van der Waals surface area contributed by atoms with Gasteiger partial charge in [-0.25, -0.2) is 4.79 Å². The molecular weight excluding hydrogens is 414 g/mol. The summed E-state index contributed by atoms with van der Waals surface area (Å²) in [7, 11) is 3.36. The number of allylic oxidation sites excluding steroid dienone is 1. The molecule has 0 bridgehead atoms. The van der Waals surface area contributed by atoms with Crippen molar-refractivity contribution >= 4 is 34.9 Å². The Hall–Kier alpha value is -3.39. The molecule has 0 spiro atoms. The van der Waals surface area contributed by atoms with Crippen molar-refractivity contribution in [2.45, 2.75) is 19.9 Å². The fourth-order valence-electron chi connectivity index (χ4n) is 3.29. The summed E-state index contributed by atoms with van der Waals surface area (Å²) < 4.78 is 10.4. The first-order valence-corrected chi connectivity index (χ1v) is 10.2. The lowest BCUT2D eigenvalue weighted by molar-refractivity contribution is -0.139. The minimum Gasteiger partial charge on any atom is -0.497 e. The van der Waals surface area contributed by atoms with E-state index in [0.29, 0.717) is 27.7 Å². The normalized spacial score (nSPS) is 15.9. The largest absolute Gasteiger partial charge is 0.497 e. The van der Waals surface area contributed by atoms with Gasteiger partial charge in [0.05, 0.1) is 25.3 Å². The van der Waals surface area contributed by atoms with Crippen molar-refractivity contribution in [3.8, 4) is 5.75 Å². The van der Waals surface area contributed by atoms with Crippen LogP contribution < -0.4 is 15.4 Å². The molecule has 0 saturated heterocycles. The van der Waals surface area contributed by atoms with Crippen LogP contribution in [-0.4, -0.2) is 42.7 Å². The van der Waals surface area contributed by atoms with Gasteiger partial charge < -0.3 is 25.0 Å². The van der Waals surface area contributed by atoms with Gasteiger partial charge in [-0.2, -0.15) is 0 Å². The summed E-state index contributed by atoms with van der Waals surface area (Å²) in [4.78, 5) is 26.9. The summed E-state index contributed by atoms with van der Waals surface area (Å²) in [5.74, 6) is -0.0172. The Labute approximate surface area is 187 Å². The van der Waals surface area contributed by atoms with Gasteiger partial charge in [0, 0.05) is 24.0 Å². The minimum atomic E-state index is -0.439. The number of benzene rings is 2. The molecule has 7 nitrogen and oxygen atoms in total. The van der Waals surface area contributed by atoms with Crippen LogP contribution in [0.3, 0.4) is 0 Å². The topological polar surface area (TPSA) is 79.9 Å². The van der Waals surface area contributed by atoms with Crippen molar-refractivity contribution in [3.63, 3.8) is 0 Å². The first-order valence-electron chi connectivity index (χ1n) is 9.83. The van der Waals surface area contributed by atoms with E-state index in [0.717, 1.165) is 11.3 Å². The van der Waals surface area contributed by atoms with Gasteiger partial charge in [-0.3, -0.25) is 4.79 Å². The number of rotatable bonds is 6. The van der Waals surface area contributed by atoms with Gasteiger partial charge in [-0.15, -0.1) is 0 Å². The molecule has 8 heteroatoms. The Balaban J connectivity index is 1.83. The molecule has 0 aromatic heterocycles. The second-order valence-electron chi connectivity index (χ2n) is 6.97. The van der Waals surface area contributed by atoms with Crippen molar-refractivity contribution in [1.82, 2.24) is 10.2 Å². The van der Waals surface area contributed by atoms with Gasteiger partial charge in [-0.05, 0) is 62.0 Å². The van der Waals surface area contributed by atoms with Crippen molar-refractivity contribution < 1.29 is 19.1 Å². The van der Waals surface area contributed by atoms with E-state index < -0.39 is 6.04 Å². The summed E-state index contributed by atoms with van der Waals surface area (Å²) in [6, 6.07) is 13.8. The number of methoxy groups -OCH3 is 1. The Morgan fingerprint density at radius 3 is 2.55 bits per heavy atom. The average molecular weight is 440 g/mol. The molecule has 2 N–H and O–H groups in total. The third-order valence-electron chi connectivity index (χ3n) is 5.08. The maximum Gasteiger partial charge on any atom is 0.338 e. The number of anilines is 1. The van der Waals surface area contributed by atoms with Crippen molar-refractivity contribution in [3.05, 3.63) is 70.9 Å². The van der Waals surface area contributed by atoms with Gasteiger partial charge >= 0.3 is 5.97 Å². The lowest BCUT2D eigenvalue weighted by atomic mass is 9.95. The molecule has 1 aliphatic rings. The quantitative estimate of drug-likeness (QED) is 0.525. The van der Waals surface area contributed by atoms with Gasteiger partial charge in [0.25, 0.3) is 5.91 Å². The molecule has 0 saturated carbocycles. The van der Waals surface area contributed by atoms with E-state index >= 15 is 0 Å². The van der Waals surface area contributed by atoms with Crippen LogP contribution >= 0.6 is 12.2 Å². The molecule has 0 radical (unpaired) electrons. The molecule has 31 heavy (non-hydrogen) atoms. The van der Waals surface area contributed by atoms with Crippen LogP contribution in [0.4, 0.5) is 5.69 Å². The van der Waals surface area contributed by atoms with Crippen molar-refractivity contribution in [1.29, 1.82) is 0 Å². The fourth-order valence-corrected chi connectivity index (χ4v) is 3.54. The number of thiocarbonyl (C=S) groups is 1. The molecule has 1 aliphatic heterocycles. The molecule has 1 atom stereocenters. The molecule has 1 amide bonds. The van der Waals surface area contributed by atoms with Crippen LogP contribution in [0.1, 0.15) is 35.8 Å². The molecule has 2 aromatic carbocycles. The number of amides is 1. The summed E-state index contributed by atoms with van der Waals surface area (Å²) in [5, 5.41) is 6.58. The SMILES string of the molecule is CCOC(=O)C1=C(C)N(C)C(=S)NC1c1ccc(NC(=O)c2cccc(OC)c2)cc1. The van der Waals surface area contributed by atoms with E-state index in [4.69, 9.17) is 21.7 Å². The molecule has 162 valence electrons. The molecule has 3 rings (SSSR count). The van der Waals surface area contributed by atoms with E-state index in [9.17, 15) is 9.59 Å². The monoisotopic (exact) mass is 439 g/mol. The van der Waals surface area contributed by atoms with Crippen LogP contribution in [0.15, 0.2) is 59.8 Å². The Morgan fingerprint density at radius 2 is 1.90 bits per heavy atom. The number of carbonyl (C=O) groups is 2. The smallest absolute Gasteiger partial charge is 0.338 e. The van der Waals surface area contributed by atoms with Crippen LogP contribution in [0.2, 0.25) is 0 Å². The molecule has 1 unspecified atom stereocenters. The third-order valence-corrected chi connectivity index (χ3v) is 5.47. The predicted octanol–water partition coefficient (Wildman–Crippen LogP) is 3.65. The average Bonchev–Trinajstić information content (AvgIpc) is 2.77. The Morgan fingerprint density at radius 1 is 1.19 bits per heavy atom. The second-order valence-corrected chi connectivity index (χ2v) is 7.36. The summed E-state index contributed by atoms with van der Waals surface area (Å²) in [6.07, 6.45) is 0. The number of esters is 1. The number of nitrogens with one attached hydrogen (secondary N) is 2. The van der Waals surface area contributed by atoms with Crippen LogP contribution in [-0.2, 0) is 9.53 Å². The minimum absolute atomic E-state index is 0.242. The summed E-state index contributed by atoms with van der Waals surface area (Å²) in [6.45, 7) is 3.90. The maximum atomic E-state index is 12.6. The van der Waals surface area contributed by atoms with Crippen LogP contribution in [0.5, 0.6) is 5.75 Å². The number of nitrogens with zero attached hydrogens (tertiary/aromatic N) is 1. The highest BCUT2D eigenvalue weighted by Gasteiger charge is 2.33. The molecule has 2 aromatic rings. The standard InChI is InChI=1S/C23H25N3O4S/c1-5-30-22(28)19-14(2)26(3)23(31)25-20(19)15-9-11-17(12-10-15)24-21(27)16-7-6-8-18(13-16)29-4/h6-13,20H,5H2,1-4H3,(H,24,27)(H,25,31). The Kier molecular flexibility index (Phi) is 6.91. The fraction of sp³-hybridized carbons (Fsp3) is 0.261. The zero-order valence-electron chi connectivity index (χ0n) is 17.9. The zero-order chi connectivity index (χ0) is 22.5. The zero-order valence-corrected chi connectivity index (χ0v) is 18.7. The number of ether oxygens (including phenoxy) is 2. The maximum absolute atomic E-state index is 12.6. The van der Waals surface area contributed by atoms with Gasteiger partial charge in [0.1, 0.15) is 5.75 Å². The highest BCUT2D eigenvalue weighted by Crippen LogP contribution is 2.31. The van der Waals surface area contributed by atoms with Crippen LogP contribution in [0.25, 0.3) is 0 Å². The first kappa shape index (κ1) is 22.3. The highest BCUT2D eigenvalue weighted by molar-refractivity contribution is 7.80. The summed E-state index contributed by atoms with van der Waals surface area (Å²) in [5.41, 5.74) is 3.20. The number of hydrogen-bond acceptors (Lipinski definition) is 5. The highest BCUT2D eigenvalue weighted by atomic mass is 32.1. The van der Waals surface area contributed by atoms with E-state index in [1.807, 2.05) is 19.1 Å². The van der Waals surface area contributed by atoms with E-state index in [1.165, 1.54) is 0 Å². The van der Waals surface area contributed by atoms with Crippen LogP contribution in [0, 0.1) is 0 Å². The third kappa shape index (κ3) is 4.86. The van der Waals surface area contributed by atoms with Crippen molar-refractivity contribution in [2.24, 2.45) is 0 Å². The van der Waals surface area contributed by atoms with Crippen molar-refractivity contribution in [2.75, 3.05) is 26.1 Å². The molecular formula is C23H25N3O4S. The Bertz CT molecular complexity index is 1030. The van der Waals surface area contributed by atoms with E-state index in [1.54, 1.807) is 62.4 Å². The van der Waals surface area contributed by atoms with E-state index in [2.05, 4.69) is 10.6 Å². The molecule has 0 fully saturated rings. The lowest BCUT2D eigenvalue weighted by Gasteiger charge is -2.35. The van der Waals surface area contributed by atoms with Gasteiger partial charge in [-0.1, -0.05) is 18.2 Å². The summed E-state index contributed by atoms with van der Waals surface area (Å²) >= 11 is 5.41. The number of hydrogen-bond donors (Lipinski definition) is 2. The van der Waals surface area contributed by atoms with Gasteiger partial charge in [0.2, 0.25) is 0 Å². The molecule has 1 heterocycles. The lowest BCUT2D eigenvalue weighted by Crippen LogP contribution is -2.46.